The Morgan fingerprint density at radius 2 is 2.11 bits per heavy atom. The fourth-order valence-corrected chi connectivity index (χ4v) is 1.59. The number of furan rings is 1. The molecule has 0 saturated heterocycles. The van der Waals surface area contributed by atoms with Gasteiger partial charge in [0.25, 0.3) is 5.91 Å². The summed E-state index contributed by atoms with van der Waals surface area (Å²) in [6, 6.07) is 10.4. The van der Waals surface area contributed by atoms with E-state index in [-0.39, 0.29) is 5.91 Å². The van der Waals surface area contributed by atoms with Gasteiger partial charge in [0.05, 0.1) is 16.8 Å². The maximum Gasteiger partial charge on any atom is 0.272 e. The summed E-state index contributed by atoms with van der Waals surface area (Å²) in [5.41, 5.74) is 2.77. The van der Waals surface area contributed by atoms with Crippen LogP contribution >= 0.6 is 11.6 Å². The lowest BCUT2D eigenvalue weighted by Crippen LogP contribution is -2.17. The van der Waals surface area contributed by atoms with Crippen molar-refractivity contribution in [2.45, 2.75) is 0 Å². The topological polar surface area (TPSA) is 54.6 Å². The van der Waals surface area contributed by atoms with E-state index in [1.807, 2.05) is 6.07 Å². The van der Waals surface area contributed by atoms with Crippen LogP contribution in [-0.4, -0.2) is 12.1 Å². The van der Waals surface area contributed by atoms with Gasteiger partial charge in [-0.3, -0.25) is 4.79 Å². The summed E-state index contributed by atoms with van der Waals surface area (Å²) in [4.78, 5) is 11.7. The van der Waals surface area contributed by atoms with Crippen LogP contribution in [0, 0.1) is 0 Å². The standard InChI is InChI=1S/C14H11ClN2O2/c15-13-8-2-1-7-12(13)14(18)17-16-9-3-5-11-6-4-10-19-11/h1-10H,(H,17,18)/b5-3+,16-9+. The van der Waals surface area contributed by atoms with E-state index in [0.29, 0.717) is 16.3 Å². The molecule has 0 unspecified atom stereocenters. The van der Waals surface area contributed by atoms with Crippen LogP contribution in [0.1, 0.15) is 16.1 Å². The highest BCUT2D eigenvalue weighted by molar-refractivity contribution is 6.33. The lowest BCUT2D eigenvalue weighted by atomic mass is 10.2. The second-order valence-electron chi connectivity index (χ2n) is 3.57. The monoisotopic (exact) mass is 274 g/mol. The zero-order chi connectivity index (χ0) is 13.5. The van der Waals surface area contributed by atoms with E-state index < -0.39 is 0 Å². The summed E-state index contributed by atoms with van der Waals surface area (Å²) < 4.78 is 5.09. The second-order valence-corrected chi connectivity index (χ2v) is 3.98. The number of carbonyl (C=O) groups excluding carboxylic acids is 1. The highest BCUT2D eigenvalue weighted by Gasteiger charge is 2.07. The molecule has 0 aliphatic carbocycles. The maximum atomic E-state index is 11.7. The Bertz CT molecular complexity index is 604. The Labute approximate surface area is 115 Å². The number of nitrogens with one attached hydrogen (secondary N) is 1. The van der Waals surface area contributed by atoms with Crippen LogP contribution in [0.2, 0.25) is 5.02 Å². The molecule has 0 atom stereocenters. The number of hydrogen-bond acceptors (Lipinski definition) is 3. The number of amides is 1. The number of hydrogen-bond donors (Lipinski definition) is 1. The van der Waals surface area contributed by atoms with E-state index in [1.165, 1.54) is 6.21 Å². The molecule has 2 aromatic rings. The summed E-state index contributed by atoms with van der Waals surface area (Å²) in [6.07, 6.45) is 6.42. The van der Waals surface area contributed by atoms with E-state index in [2.05, 4.69) is 10.5 Å². The van der Waals surface area contributed by atoms with Gasteiger partial charge in [-0.25, -0.2) is 5.43 Å². The van der Waals surface area contributed by atoms with Crippen LogP contribution in [0.4, 0.5) is 0 Å². The smallest absolute Gasteiger partial charge is 0.272 e. The number of rotatable bonds is 4. The van der Waals surface area contributed by atoms with Gasteiger partial charge in [0.1, 0.15) is 5.76 Å². The minimum atomic E-state index is -0.353. The van der Waals surface area contributed by atoms with Crippen LogP contribution < -0.4 is 5.43 Å². The Hall–Kier alpha value is -2.33. The van der Waals surface area contributed by atoms with E-state index >= 15 is 0 Å². The molecule has 2 rings (SSSR count). The molecule has 0 radical (unpaired) electrons. The molecule has 1 heterocycles. The molecular weight excluding hydrogens is 264 g/mol. The summed E-state index contributed by atoms with van der Waals surface area (Å²) in [5.74, 6) is 0.358. The average Bonchev–Trinajstić information content (AvgIpc) is 2.92. The average molecular weight is 275 g/mol. The third-order valence-electron chi connectivity index (χ3n) is 2.25. The van der Waals surface area contributed by atoms with Crippen molar-refractivity contribution in [1.82, 2.24) is 5.43 Å². The zero-order valence-electron chi connectivity index (χ0n) is 9.92. The summed E-state index contributed by atoms with van der Waals surface area (Å²) in [6.45, 7) is 0. The third kappa shape index (κ3) is 3.82. The van der Waals surface area contributed by atoms with Gasteiger partial charge in [0.2, 0.25) is 0 Å². The molecule has 0 bridgehead atoms. The van der Waals surface area contributed by atoms with Crippen LogP contribution in [-0.2, 0) is 0 Å². The van der Waals surface area contributed by atoms with Gasteiger partial charge in [0, 0.05) is 6.21 Å². The molecule has 0 aliphatic rings. The first-order valence-corrected chi connectivity index (χ1v) is 5.93. The number of carbonyl (C=O) groups is 1. The van der Waals surface area contributed by atoms with E-state index in [9.17, 15) is 4.79 Å². The molecule has 1 aromatic heterocycles. The Balaban J connectivity index is 1.89. The maximum absolute atomic E-state index is 11.7. The van der Waals surface area contributed by atoms with Crippen molar-refractivity contribution in [3.63, 3.8) is 0 Å². The molecule has 0 aliphatic heterocycles. The van der Waals surface area contributed by atoms with Gasteiger partial charge in [-0.15, -0.1) is 0 Å². The van der Waals surface area contributed by atoms with Gasteiger partial charge in [0.15, 0.2) is 0 Å². The van der Waals surface area contributed by atoms with Crippen molar-refractivity contribution < 1.29 is 9.21 Å². The van der Waals surface area contributed by atoms with Crippen LogP contribution in [0.3, 0.4) is 0 Å². The van der Waals surface area contributed by atoms with E-state index in [0.717, 1.165) is 0 Å². The Morgan fingerprint density at radius 1 is 1.26 bits per heavy atom. The van der Waals surface area contributed by atoms with Crippen molar-refractivity contribution in [2.75, 3.05) is 0 Å². The van der Waals surface area contributed by atoms with Crippen LogP contribution in [0.5, 0.6) is 0 Å². The highest BCUT2D eigenvalue weighted by atomic mass is 35.5. The molecule has 1 amide bonds. The first-order valence-electron chi connectivity index (χ1n) is 5.55. The first-order chi connectivity index (χ1) is 9.27. The minimum absolute atomic E-state index is 0.353. The lowest BCUT2D eigenvalue weighted by Gasteiger charge is -2.00. The fraction of sp³-hybridized carbons (Fsp3) is 0. The number of hydrazone groups is 1. The molecule has 0 fully saturated rings. The van der Waals surface area contributed by atoms with Crippen molar-refractivity contribution in [3.05, 3.63) is 65.1 Å². The third-order valence-corrected chi connectivity index (χ3v) is 2.58. The van der Waals surface area contributed by atoms with Crippen molar-refractivity contribution >= 4 is 29.8 Å². The van der Waals surface area contributed by atoms with Gasteiger partial charge in [-0.1, -0.05) is 23.7 Å². The molecule has 1 N–H and O–H groups in total. The molecule has 96 valence electrons. The fourth-order valence-electron chi connectivity index (χ4n) is 1.37. The van der Waals surface area contributed by atoms with E-state index in [1.54, 1.807) is 48.7 Å². The predicted molar refractivity (Wildman–Crippen MR) is 75.2 cm³/mol. The summed E-state index contributed by atoms with van der Waals surface area (Å²) in [7, 11) is 0. The molecule has 5 heteroatoms. The molecule has 0 saturated carbocycles. The first kappa shape index (κ1) is 13.1. The number of nitrogens with zero attached hydrogens (tertiary/aromatic N) is 1. The molecule has 0 spiro atoms. The summed E-state index contributed by atoms with van der Waals surface area (Å²) in [5, 5.41) is 4.17. The van der Waals surface area contributed by atoms with Gasteiger partial charge in [-0.2, -0.15) is 5.10 Å². The van der Waals surface area contributed by atoms with E-state index in [4.69, 9.17) is 16.0 Å². The highest BCUT2D eigenvalue weighted by Crippen LogP contribution is 2.14. The Morgan fingerprint density at radius 3 is 2.84 bits per heavy atom. The predicted octanol–water partition coefficient (Wildman–Crippen LogP) is 3.36. The summed E-state index contributed by atoms with van der Waals surface area (Å²) >= 11 is 5.89. The largest absolute Gasteiger partial charge is 0.465 e. The van der Waals surface area contributed by atoms with Crippen molar-refractivity contribution in [3.8, 4) is 0 Å². The quantitative estimate of drug-likeness (QED) is 0.686. The number of allylic oxidation sites excluding steroid dienone is 1. The minimum Gasteiger partial charge on any atom is -0.465 e. The van der Waals surface area contributed by atoms with Gasteiger partial charge < -0.3 is 4.42 Å². The Kier molecular flexibility index (Phi) is 4.53. The van der Waals surface area contributed by atoms with Gasteiger partial charge in [-0.05, 0) is 36.4 Å². The molecule has 19 heavy (non-hydrogen) atoms. The van der Waals surface area contributed by atoms with Crippen molar-refractivity contribution in [2.24, 2.45) is 5.10 Å². The number of halogens is 1. The SMILES string of the molecule is O=C(N/N=C/C=C/c1ccco1)c1ccccc1Cl. The van der Waals surface area contributed by atoms with Crippen LogP contribution in [0.25, 0.3) is 6.08 Å². The van der Waals surface area contributed by atoms with Crippen LogP contribution in [0.15, 0.2) is 58.3 Å². The lowest BCUT2D eigenvalue weighted by molar-refractivity contribution is 0.0955. The van der Waals surface area contributed by atoms with Gasteiger partial charge >= 0.3 is 0 Å². The van der Waals surface area contributed by atoms with Crippen molar-refractivity contribution in [1.29, 1.82) is 0 Å². The second kappa shape index (κ2) is 6.56. The molecule has 1 aromatic carbocycles. The zero-order valence-corrected chi connectivity index (χ0v) is 10.7. The normalized spacial score (nSPS) is 11.2. The number of benzene rings is 1. The molecule has 4 nitrogen and oxygen atoms in total. The molecular formula is C14H11ClN2O2.